The van der Waals surface area contributed by atoms with Crippen LogP contribution in [0.4, 0.5) is 0 Å². The van der Waals surface area contributed by atoms with Gasteiger partial charge in [0.05, 0.1) is 23.4 Å². The molecule has 23 heavy (non-hydrogen) atoms. The van der Waals surface area contributed by atoms with Crippen molar-refractivity contribution in [3.8, 4) is 0 Å². The first-order chi connectivity index (χ1) is 11.3. The third-order valence-corrected chi connectivity index (χ3v) is 5.33. The van der Waals surface area contributed by atoms with Gasteiger partial charge in [-0.25, -0.2) is 4.98 Å². The van der Waals surface area contributed by atoms with Gasteiger partial charge in [-0.05, 0) is 48.1 Å². The van der Waals surface area contributed by atoms with Gasteiger partial charge in [-0.3, -0.25) is 4.79 Å². The number of rotatable bonds is 1. The number of fused-ring (bicyclic) bond motifs is 6. The van der Waals surface area contributed by atoms with Crippen molar-refractivity contribution >= 4 is 16.9 Å². The number of piperidine rings is 1. The highest BCUT2D eigenvalue weighted by atomic mass is 16.2. The number of aromatic nitrogens is 2. The number of hydrogen-bond acceptors (Lipinski definition) is 2. The quantitative estimate of drug-likeness (QED) is 0.746. The van der Waals surface area contributed by atoms with E-state index in [0.717, 1.165) is 36.0 Å². The minimum absolute atomic E-state index is 0.127. The van der Waals surface area contributed by atoms with Crippen LogP contribution < -0.4 is 0 Å². The van der Waals surface area contributed by atoms with Gasteiger partial charge >= 0.3 is 0 Å². The lowest BCUT2D eigenvalue weighted by Crippen LogP contribution is -2.37. The third-order valence-electron chi connectivity index (χ3n) is 5.33. The maximum atomic E-state index is 13.1. The number of amides is 1. The van der Waals surface area contributed by atoms with Crippen molar-refractivity contribution in [1.29, 1.82) is 0 Å². The average Bonchev–Trinajstić information content (AvgIpc) is 3.18. The fourth-order valence-corrected chi connectivity index (χ4v) is 4.21. The molecular formula is C19H17N3O. The van der Waals surface area contributed by atoms with Gasteiger partial charge in [0.25, 0.3) is 5.91 Å². The molecule has 1 aliphatic heterocycles. The molecule has 1 fully saturated rings. The van der Waals surface area contributed by atoms with Crippen molar-refractivity contribution in [1.82, 2.24) is 14.9 Å². The van der Waals surface area contributed by atoms with Gasteiger partial charge in [-0.1, -0.05) is 24.3 Å². The summed E-state index contributed by atoms with van der Waals surface area (Å²) in [6, 6.07) is 14.5. The summed E-state index contributed by atoms with van der Waals surface area (Å²) in [7, 11) is 0. The van der Waals surface area contributed by atoms with E-state index in [-0.39, 0.29) is 11.9 Å². The van der Waals surface area contributed by atoms with Crippen molar-refractivity contribution in [3.63, 3.8) is 0 Å². The molecule has 0 radical (unpaired) electrons. The Morgan fingerprint density at radius 3 is 2.96 bits per heavy atom. The van der Waals surface area contributed by atoms with Gasteiger partial charge in [0.1, 0.15) is 0 Å². The highest BCUT2D eigenvalue weighted by Gasteiger charge is 2.40. The summed E-state index contributed by atoms with van der Waals surface area (Å²) in [5.41, 5.74) is 5.33. The van der Waals surface area contributed by atoms with Crippen LogP contribution in [-0.2, 0) is 0 Å². The Hall–Kier alpha value is -2.62. The zero-order valence-corrected chi connectivity index (χ0v) is 12.7. The molecule has 114 valence electrons. The van der Waals surface area contributed by atoms with E-state index in [2.05, 4.69) is 39.1 Å². The molecule has 5 rings (SSSR count). The molecule has 4 nitrogen and oxygen atoms in total. The lowest BCUT2D eigenvalue weighted by atomic mass is 9.95. The van der Waals surface area contributed by atoms with Crippen LogP contribution in [0.2, 0.25) is 0 Å². The number of benzene rings is 2. The van der Waals surface area contributed by atoms with Crippen LogP contribution in [0.3, 0.4) is 0 Å². The Labute approximate surface area is 134 Å². The fraction of sp³-hybridized carbons (Fsp3) is 0.263. The average molecular weight is 303 g/mol. The number of carbonyl (C=O) groups excluding carboxylic acids is 1. The maximum Gasteiger partial charge on any atom is 0.254 e. The van der Waals surface area contributed by atoms with E-state index >= 15 is 0 Å². The van der Waals surface area contributed by atoms with Crippen LogP contribution in [0.1, 0.15) is 46.3 Å². The summed E-state index contributed by atoms with van der Waals surface area (Å²) in [4.78, 5) is 22.4. The topological polar surface area (TPSA) is 49.0 Å². The van der Waals surface area contributed by atoms with Crippen molar-refractivity contribution in [2.75, 3.05) is 6.54 Å². The zero-order valence-electron chi connectivity index (χ0n) is 12.7. The van der Waals surface area contributed by atoms with Gasteiger partial charge in [0, 0.05) is 12.1 Å². The first kappa shape index (κ1) is 12.9. The predicted octanol–water partition coefficient (Wildman–Crippen LogP) is 3.64. The number of hydrogen-bond donors (Lipinski definition) is 1. The summed E-state index contributed by atoms with van der Waals surface area (Å²) in [5, 5.41) is 0. The SMILES string of the molecule is O=C(c1ccc2nc[nH]c2c1)N1CCC2CC1c1ccccc12. The number of likely N-dealkylation sites (tertiary alicyclic amines) is 1. The van der Waals surface area contributed by atoms with Crippen molar-refractivity contribution in [2.24, 2.45) is 0 Å². The Kier molecular flexibility index (Phi) is 2.62. The lowest BCUT2D eigenvalue weighted by Gasteiger charge is -2.34. The van der Waals surface area contributed by atoms with Gasteiger partial charge in [-0.15, -0.1) is 0 Å². The summed E-state index contributed by atoms with van der Waals surface area (Å²) in [6.45, 7) is 0.837. The minimum Gasteiger partial charge on any atom is -0.345 e. The molecule has 2 bridgehead atoms. The fourth-order valence-electron chi connectivity index (χ4n) is 4.21. The van der Waals surface area contributed by atoms with Crippen LogP contribution in [0.15, 0.2) is 48.8 Å². The molecule has 1 N–H and O–H groups in total. The first-order valence-corrected chi connectivity index (χ1v) is 8.14. The number of nitrogens with zero attached hydrogens (tertiary/aromatic N) is 2. The monoisotopic (exact) mass is 303 g/mol. The van der Waals surface area contributed by atoms with E-state index in [1.807, 2.05) is 18.2 Å². The molecule has 1 aromatic heterocycles. The Morgan fingerprint density at radius 1 is 1.17 bits per heavy atom. The van der Waals surface area contributed by atoms with Gasteiger partial charge in [0.2, 0.25) is 0 Å². The van der Waals surface area contributed by atoms with Crippen LogP contribution >= 0.6 is 0 Å². The molecule has 0 saturated carbocycles. The molecule has 2 heterocycles. The van der Waals surface area contributed by atoms with E-state index in [0.29, 0.717) is 5.92 Å². The highest BCUT2D eigenvalue weighted by Crippen LogP contribution is 2.49. The Morgan fingerprint density at radius 2 is 2.04 bits per heavy atom. The molecule has 4 heteroatoms. The molecule has 1 amide bonds. The standard InChI is InChI=1S/C19H17N3O/c23-19(13-5-6-16-17(9-13)21-11-20-16)22-8-7-12-10-18(22)15-4-2-1-3-14(12)15/h1-6,9,11-12,18H,7-8,10H2,(H,20,21). The highest BCUT2D eigenvalue weighted by molar-refractivity contribution is 5.97. The normalized spacial score (nSPS) is 22.3. The second-order valence-corrected chi connectivity index (χ2v) is 6.50. The van der Waals surface area contributed by atoms with Crippen molar-refractivity contribution in [3.05, 3.63) is 65.5 Å². The first-order valence-electron chi connectivity index (χ1n) is 8.14. The van der Waals surface area contributed by atoms with E-state index in [9.17, 15) is 4.79 Å². The number of aromatic amines is 1. The molecule has 0 spiro atoms. The Bertz CT molecular complexity index is 914. The van der Waals surface area contributed by atoms with E-state index in [1.165, 1.54) is 11.1 Å². The number of imidazole rings is 1. The van der Waals surface area contributed by atoms with Gasteiger partial charge in [0.15, 0.2) is 0 Å². The summed E-state index contributed by atoms with van der Waals surface area (Å²) in [6.07, 6.45) is 3.79. The lowest BCUT2D eigenvalue weighted by molar-refractivity contribution is 0.0620. The summed E-state index contributed by atoms with van der Waals surface area (Å²) in [5.74, 6) is 0.747. The van der Waals surface area contributed by atoms with E-state index in [1.54, 1.807) is 6.33 Å². The molecule has 2 unspecified atom stereocenters. The van der Waals surface area contributed by atoms with Crippen LogP contribution in [-0.4, -0.2) is 27.3 Å². The smallest absolute Gasteiger partial charge is 0.254 e. The second-order valence-electron chi connectivity index (χ2n) is 6.50. The molecule has 2 atom stereocenters. The molecule has 1 aliphatic carbocycles. The minimum atomic E-state index is 0.127. The van der Waals surface area contributed by atoms with Crippen molar-refractivity contribution in [2.45, 2.75) is 24.8 Å². The van der Waals surface area contributed by atoms with Crippen LogP contribution in [0, 0.1) is 0 Å². The van der Waals surface area contributed by atoms with Gasteiger partial charge in [-0.2, -0.15) is 0 Å². The predicted molar refractivity (Wildman–Crippen MR) is 88.3 cm³/mol. The number of nitrogens with one attached hydrogen (secondary N) is 1. The number of carbonyl (C=O) groups is 1. The summed E-state index contributed by atoms with van der Waals surface area (Å²) < 4.78 is 0. The molecule has 1 saturated heterocycles. The maximum absolute atomic E-state index is 13.1. The van der Waals surface area contributed by atoms with Gasteiger partial charge < -0.3 is 9.88 Å². The third kappa shape index (κ3) is 1.84. The molecular weight excluding hydrogens is 286 g/mol. The van der Waals surface area contributed by atoms with E-state index < -0.39 is 0 Å². The van der Waals surface area contributed by atoms with Crippen LogP contribution in [0.25, 0.3) is 11.0 Å². The molecule has 2 aliphatic rings. The van der Waals surface area contributed by atoms with Crippen LogP contribution in [0.5, 0.6) is 0 Å². The Balaban J connectivity index is 1.53. The molecule has 2 aromatic carbocycles. The van der Waals surface area contributed by atoms with Crippen molar-refractivity contribution < 1.29 is 4.79 Å². The largest absolute Gasteiger partial charge is 0.345 e. The van der Waals surface area contributed by atoms with E-state index in [4.69, 9.17) is 0 Å². The molecule has 3 aromatic rings. The zero-order chi connectivity index (χ0) is 15.4. The summed E-state index contributed by atoms with van der Waals surface area (Å²) >= 11 is 0. The number of H-pyrrole nitrogens is 1. The second kappa shape index (κ2) is 4.69.